The number of carbonyl (C=O) groups is 1. The van der Waals surface area contributed by atoms with Gasteiger partial charge in [-0.2, -0.15) is 0 Å². The first-order valence-corrected chi connectivity index (χ1v) is 10.7. The van der Waals surface area contributed by atoms with Crippen LogP contribution in [0.4, 0.5) is 4.79 Å². The molecule has 3 aliphatic heterocycles. The van der Waals surface area contributed by atoms with Crippen LogP contribution in [0.1, 0.15) is 66.2 Å². The smallest absolute Gasteiger partial charge is 0.403 e. The molecule has 1 aliphatic carbocycles. The van der Waals surface area contributed by atoms with Crippen molar-refractivity contribution in [3.05, 3.63) is 0 Å². The quantitative estimate of drug-likeness (QED) is 0.767. The van der Waals surface area contributed by atoms with Crippen molar-refractivity contribution in [2.75, 3.05) is 26.2 Å². The molecule has 1 spiro atoms. The van der Waals surface area contributed by atoms with Gasteiger partial charge in [0, 0.05) is 32.1 Å². The molecular formula is C20H35BN2O4. The number of hydrogen-bond acceptors (Lipinski definition) is 4. The van der Waals surface area contributed by atoms with Crippen LogP contribution in [-0.4, -0.2) is 61.1 Å². The summed E-state index contributed by atoms with van der Waals surface area (Å²) in [5.41, 5.74) is -0.481. The minimum absolute atomic E-state index is 0.0585. The number of ether oxygens (including phenoxy) is 1. The Hall–Kier alpha value is -0.785. The fourth-order valence-electron chi connectivity index (χ4n) is 4.84. The Kier molecular flexibility index (Phi) is 5.01. The molecule has 7 heteroatoms. The Labute approximate surface area is 163 Å². The van der Waals surface area contributed by atoms with Crippen LogP contribution in [0, 0.1) is 5.92 Å². The van der Waals surface area contributed by atoms with E-state index in [1.165, 1.54) is 19.3 Å². The highest BCUT2D eigenvalue weighted by Crippen LogP contribution is 2.44. The van der Waals surface area contributed by atoms with Crippen molar-refractivity contribution in [2.45, 2.75) is 88.8 Å². The van der Waals surface area contributed by atoms with Crippen molar-refractivity contribution in [3.63, 3.8) is 0 Å². The van der Waals surface area contributed by atoms with Crippen molar-refractivity contribution >= 4 is 13.1 Å². The van der Waals surface area contributed by atoms with Crippen LogP contribution in [0.25, 0.3) is 0 Å². The van der Waals surface area contributed by atoms with Gasteiger partial charge in [-0.05, 0) is 72.1 Å². The Morgan fingerprint density at radius 2 is 1.85 bits per heavy atom. The predicted molar refractivity (Wildman–Crippen MR) is 105 cm³/mol. The summed E-state index contributed by atoms with van der Waals surface area (Å²) in [5.74, 6) is 0.794. The Morgan fingerprint density at radius 1 is 1.15 bits per heavy atom. The summed E-state index contributed by atoms with van der Waals surface area (Å²) in [6.45, 7) is 11.4. The van der Waals surface area contributed by atoms with E-state index in [-0.39, 0.29) is 35.8 Å². The maximum atomic E-state index is 12.6. The van der Waals surface area contributed by atoms with Gasteiger partial charge in [0.1, 0.15) is 0 Å². The number of hydrogen-bond donors (Lipinski definition) is 1. The highest BCUT2D eigenvalue weighted by atomic mass is 16.7. The summed E-state index contributed by atoms with van der Waals surface area (Å²) in [5, 5.41) is 3.17. The van der Waals surface area contributed by atoms with Crippen LogP contribution in [0.3, 0.4) is 0 Å². The third-order valence-electron chi connectivity index (χ3n) is 7.57. The van der Waals surface area contributed by atoms with E-state index in [1.54, 1.807) is 0 Å². The van der Waals surface area contributed by atoms with E-state index >= 15 is 0 Å². The summed E-state index contributed by atoms with van der Waals surface area (Å²) in [6.07, 6.45) is 6.76. The molecule has 27 heavy (non-hydrogen) atoms. The van der Waals surface area contributed by atoms with Gasteiger partial charge < -0.3 is 24.3 Å². The van der Waals surface area contributed by atoms with Crippen LogP contribution >= 0.6 is 0 Å². The highest BCUT2D eigenvalue weighted by Gasteiger charge is 2.54. The van der Waals surface area contributed by atoms with Crippen LogP contribution < -0.4 is 5.32 Å². The number of urea groups is 1. The summed E-state index contributed by atoms with van der Waals surface area (Å²) in [4.78, 5) is 14.6. The second-order valence-corrected chi connectivity index (χ2v) is 10.0. The fraction of sp³-hybridized carbons (Fsp3) is 0.950. The first kappa shape index (κ1) is 19.5. The molecule has 0 aromatic rings. The zero-order chi connectivity index (χ0) is 19.3. The number of nitrogens with zero attached hydrogens (tertiary/aromatic N) is 1. The predicted octanol–water partition coefficient (Wildman–Crippen LogP) is 3.21. The lowest BCUT2D eigenvalue weighted by Gasteiger charge is -2.47. The Balaban J connectivity index is 1.24. The lowest BCUT2D eigenvalue weighted by Crippen LogP contribution is -2.48. The normalized spacial score (nSPS) is 33.9. The van der Waals surface area contributed by atoms with Crippen molar-refractivity contribution in [2.24, 2.45) is 5.92 Å². The SMILES string of the molecule is CC1(C)OB(C2CCN(C(=O)NCC3CCOC4(CCC4)C3)C2)OC1(C)C. The Bertz CT molecular complexity index is 562. The van der Waals surface area contributed by atoms with E-state index < -0.39 is 0 Å². The van der Waals surface area contributed by atoms with Gasteiger partial charge in [-0.1, -0.05) is 0 Å². The molecule has 2 amide bonds. The second kappa shape index (κ2) is 6.92. The van der Waals surface area contributed by atoms with Gasteiger partial charge in [0.2, 0.25) is 0 Å². The van der Waals surface area contributed by atoms with Gasteiger partial charge in [0.25, 0.3) is 0 Å². The average Bonchev–Trinajstić information content (AvgIpc) is 3.15. The molecule has 0 aromatic heterocycles. The van der Waals surface area contributed by atoms with Crippen LogP contribution in [0.2, 0.25) is 5.82 Å². The van der Waals surface area contributed by atoms with E-state index in [4.69, 9.17) is 14.0 Å². The number of amides is 2. The van der Waals surface area contributed by atoms with Crippen LogP contribution in [0.5, 0.6) is 0 Å². The van der Waals surface area contributed by atoms with E-state index in [0.29, 0.717) is 12.5 Å². The Morgan fingerprint density at radius 3 is 2.48 bits per heavy atom. The molecule has 0 bridgehead atoms. The van der Waals surface area contributed by atoms with Gasteiger partial charge in [-0.25, -0.2) is 4.79 Å². The minimum atomic E-state index is -0.312. The molecule has 2 unspecified atom stereocenters. The summed E-state index contributed by atoms with van der Waals surface area (Å²) in [7, 11) is -0.221. The van der Waals surface area contributed by atoms with Crippen molar-refractivity contribution in [3.8, 4) is 0 Å². The third-order valence-corrected chi connectivity index (χ3v) is 7.57. The maximum Gasteiger partial charge on any atom is 0.463 e. The summed E-state index contributed by atoms with van der Waals surface area (Å²) >= 11 is 0. The van der Waals surface area contributed by atoms with E-state index in [9.17, 15) is 4.79 Å². The molecule has 6 nitrogen and oxygen atoms in total. The third kappa shape index (κ3) is 3.75. The fourth-order valence-corrected chi connectivity index (χ4v) is 4.84. The molecule has 0 radical (unpaired) electrons. The molecule has 1 saturated carbocycles. The van der Waals surface area contributed by atoms with Gasteiger partial charge in [0.05, 0.1) is 16.8 Å². The maximum absolute atomic E-state index is 12.6. The lowest BCUT2D eigenvalue weighted by atomic mass is 9.71. The van der Waals surface area contributed by atoms with Gasteiger partial charge >= 0.3 is 13.1 Å². The minimum Gasteiger partial charge on any atom is -0.403 e. The molecule has 152 valence electrons. The number of carbonyl (C=O) groups excluding carboxylic acids is 1. The standard InChI is InChI=1S/C20H35BN2O4/c1-18(2)19(3,4)27-21(26-18)16-6-10-23(14-16)17(24)22-13-15-7-11-25-20(12-15)8-5-9-20/h15-16H,5-14H2,1-4H3,(H,22,24). The first-order valence-electron chi connectivity index (χ1n) is 10.7. The lowest BCUT2D eigenvalue weighted by molar-refractivity contribution is -0.142. The summed E-state index contributed by atoms with van der Waals surface area (Å²) in [6, 6.07) is 0.0585. The number of likely N-dealkylation sites (tertiary alicyclic amines) is 1. The van der Waals surface area contributed by atoms with Crippen molar-refractivity contribution in [1.82, 2.24) is 10.2 Å². The first-order chi connectivity index (χ1) is 12.7. The number of rotatable bonds is 3. The topological polar surface area (TPSA) is 60.0 Å². The van der Waals surface area contributed by atoms with E-state index in [0.717, 1.165) is 39.0 Å². The van der Waals surface area contributed by atoms with Gasteiger partial charge in [-0.3, -0.25) is 0 Å². The summed E-state index contributed by atoms with van der Waals surface area (Å²) < 4.78 is 18.3. The average molecular weight is 378 g/mol. The monoisotopic (exact) mass is 378 g/mol. The number of nitrogens with one attached hydrogen (secondary N) is 1. The van der Waals surface area contributed by atoms with Gasteiger partial charge in [-0.15, -0.1) is 0 Å². The molecule has 4 rings (SSSR count). The molecule has 4 aliphatic rings. The van der Waals surface area contributed by atoms with E-state index in [2.05, 4.69) is 33.0 Å². The zero-order valence-electron chi connectivity index (χ0n) is 17.4. The zero-order valence-corrected chi connectivity index (χ0v) is 17.4. The largest absolute Gasteiger partial charge is 0.463 e. The molecular weight excluding hydrogens is 343 g/mol. The van der Waals surface area contributed by atoms with E-state index in [1.807, 2.05) is 4.90 Å². The molecule has 0 aromatic carbocycles. The van der Waals surface area contributed by atoms with Crippen molar-refractivity contribution in [1.29, 1.82) is 0 Å². The van der Waals surface area contributed by atoms with Crippen molar-refractivity contribution < 1.29 is 18.8 Å². The van der Waals surface area contributed by atoms with Gasteiger partial charge in [0.15, 0.2) is 0 Å². The van der Waals surface area contributed by atoms with Crippen LogP contribution in [-0.2, 0) is 14.0 Å². The molecule has 3 saturated heterocycles. The highest BCUT2D eigenvalue weighted by molar-refractivity contribution is 6.47. The van der Waals surface area contributed by atoms with Crippen LogP contribution in [0.15, 0.2) is 0 Å². The molecule has 1 N–H and O–H groups in total. The molecule has 3 heterocycles. The molecule has 4 fully saturated rings. The molecule has 2 atom stereocenters. The second-order valence-electron chi connectivity index (χ2n) is 10.0.